The lowest BCUT2D eigenvalue weighted by Crippen LogP contribution is -2.24. The SMILES string of the molecule is COC(=O)C1CN(Cc2cn3cccc(C)c3n2)CC1C. The molecule has 2 aromatic heterocycles. The molecule has 0 bridgehead atoms. The fraction of sp³-hybridized carbons (Fsp3) is 0.500. The number of hydrogen-bond acceptors (Lipinski definition) is 4. The second kappa shape index (κ2) is 5.48. The van der Waals surface area contributed by atoms with Crippen LogP contribution < -0.4 is 0 Å². The maximum Gasteiger partial charge on any atom is 0.310 e. The number of aromatic nitrogens is 2. The number of ether oxygens (including phenoxy) is 1. The van der Waals surface area contributed by atoms with Crippen LogP contribution in [-0.4, -0.2) is 40.5 Å². The van der Waals surface area contributed by atoms with Gasteiger partial charge in [0.1, 0.15) is 5.65 Å². The first-order chi connectivity index (χ1) is 10.1. The molecule has 0 aliphatic carbocycles. The molecule has 3 rings (SSSR count). The van der Waals surface area contributed by atoms with Gasteiger partial charge in [-0.15, -0.1) is 0 Å². The fourth-order valence-electron chi connectivity index (χ4n) is 3.16. The van der Waals surface area contributed by atoms with Crippen molar-refractivity contribution < 1.29 is 9.53 Å². The number of rotatable bonds is 3. The van der Waals surface area contributed by atoms with E-state index in [2.05, 4.69) is 35.4 Å². The first-order valence-corrected chi connectivity index (χ1v) is 7.32. The summed E-state index contributed by atoms with van der Waals surface area (Å²) in [6, 6.07) is 4.09. The lowest BCUT2D eigenvalue weighted by atomic mass is 9.99. The lowest BCUT2D eigenvalue weighted by Gasteiger charge is -2.13. The van der Waals surface area contributed by atoms with Crippen LogP contribution in [0.2, 0.25) is 0 Å². The van der Waals surface area contributed by atoms with E-state index in [9.17, 15) is 4.79 Å². The molecule has 0 saturated carbocycles. The number of imidazole rings is 1. The van der Waals surface area contributed by atoms with Crippen molar-refractivity contribution in [2.45, 2.75) is 20.4 Å². The number of methoxy groups -OCH3 is 1. The molecule has 112 valence electrons. The van der Waals surface area contributed by atoms with E-state index in [4.69, 9.17) is 9.72 Å². The van der Waals surface area contributed by atoms with Crippen molar-refractivity contribution in [3.05, 3.63) is 35.8 Å². The minimum Gasteiger partial charge on any atom is -0.469 e. The largest absolute Gasteiger partial charge is 0.469 e. The smallest absolute Gasteiger partial charge is 0.310 e. The summed E-state index contributed by atoms with van der Waals surface area (Å²) in [5.41, 5.74) is 3.22. The molecule has 0 spiro atoms. The zero-order chi connectivity index (χ0) is 15.0. The van der Waals surface area contributed by atoms with Gasteiger partial charge in [-0.3, -0.25) is 9.69 Å². The minimum absolute atomic E-state index is 0.0197. The number of hydrogen-bond donors (Lipinski definition) is 0. The van der Waals surface area contributed by atoms with Crippen molar-refractivity contribution in [2.75, 3.05) is 20.2 Å². The number of aryl methyl sites for hydroxylation is 1. The van der Waals surface area contributed by atoms with Gasteiger partial charge in [0.15, 0.2) is 0 Å². The summed E-state index contributed by atoms with van der Waals surface area (Å²) in [6.07, 6.45) is 4.08. The van der Waals surface area contributed by atoms with Crippen molar-refractivity contribution in [3.63, 3.8) is 0 Å². The van der Waals surface area contributed by atoms with Crippen molar-refractivity contribution in [1.29, 1.82) is 0 Å². The van der Waals surface area contributed by atoms with Crippen molar-refractivity contribution in [2.24, 2.45) is 11.8 Å². The number of carbonyl (C=O) groups is 1. The monoisotopic (exact) mass is 287 g/mol. The van der Waals surface area contributed by atoms with Crippen LogP contribution in [0.1, 0.15) is 18.2 Å². The van der Waals surface area contributed by atoms with E-state index in [0.29, 0.717) is 5.92 Å². The Labute approximate surface area is 124 Å². The number of esters is 1. The molecule has 0 aromatic carbocycles. The quantitative estimate of drug-likeness (QED) is 0.809. The van der Waals surface area contributed by atoms with E-state index in [1.807, 2.05) is 12.3 Å². The van der Waals surface area contributed by atoms with E-state index in [1.165, 1.54) is 12.7 Å². The van der Waals surface area contributed by atoms with Crippen LogP contribution in [0.25, 0.3) is 5.65 Å². The fourth-order valence-corrected chi connectivity index (χ4v) is 3.16. The highest BCUT2D eigenvalue weighted by Crippen LogP contribution is 2.25. The summed E-state index contributed by atoms with van der Waals surface area (Å²) in [6.45, 7) is 6.61. The van der Waals surface area contributed by atoms with Gasteiger partial charge in [-0.2, -0.15) is 0 Å². The van der Waals surface area contributed by atoms with Crippen LogP contribution >= 0.6 is 0 Å². The predicted octanol–water partition coefficient (Wildman–Crippen LogP) is 1.88. The average molecular weight is 287 g/mol. The van der Waals surface area contributed by atoms with Crippen LogP contribution in [-0.2, 0) is 16.1 Å². The third-order valence-corrected chi connectivity index (χ3v) is 4.31. The van der Waals surface area contributed by atoms with Crippen LogP contribution in [0.3, 0.4) is 0 Å². The van der Waals surface area contributed by atoms with E-state index >= 15 is 0 Å². The van der Waals surface area contributed by atoms with Gasteiger partial charge in [0.2, 0.25) is 0 Å². The zero-order valence-electron chi connectivity index (χ0n) is 12.7. The molecular formula is C16H21N3O2. The topological polar surface area (TPSA) is 46.8 Å². The first-order valence-electron chi connectivity index (χ1n) is 7.32. The number of pyridine rings is 1. The Morgan fingerprint density at radius 1 is 1.48 bits per heavy atom. The molecule has 21 heavy (non-hydrogen) atoms. The molecule has 2 unspecified atom stereocenters. The summed E-state index contributed by atoms with van der Waals surface area (Å²) < 4.78 is 6.94. The van der Waals surface area contributed by atoms with E-state index < -0.39 is 0 Å². The summed E-state index contributed by atoms with van der Waals surface area (Å²) in [7, 11) is 1.46. The van der Waals surface area contributed by atoms with E-state index in [1.54, 1.807) is 0 Å². The molecule has 5 nitrogen and oxygen atoms in total. The lowest BCUT2D eigenvalue weighted by molar-refractivity contribution is -0.146. The highest BCUT2D eigenvalue weighted by atomic mass is 16.5. The van der Waals surface area contributed by atoms with Crippen LogP contribution in [0.4, 0.5) is 0 Å². The molecule has 1 aliphatic rings. The summed E-state index contributed by atoms with van der Waals surface area (Å²) in [5.74, 6) is 0.209. The van der Waals surface area contributed by atoms with Crippen LogP contribution in [0.15, 0.2) is 24.5 Å². The summed E-state index contributed by atoms with van der Waals surface area (Å²) in [5, 5.41) is 0. The van der Waals surface area contributed by atoms with Gasteiger partial charge in [-0.25, -0.2) is 4.98 Å². The van der Waals surface area contributed by atoms with Gasteiger partial charge in [0, 0.05) is 32.0 Å². The molecule has 0 N–H and O–H groups in total. The zero-order valence-corrected chi connectivity index (χ0v) is 12.7. The molecule has 0 radical (unpaired) electrons. The third kappa shape index (κ3) is 2.65. The third-order valence-electron chi connectivity index (χ3n) is 4.31. The summed E-state index contributed by atoms with van der Waals surface area (Å²) in [4.78, 5) is 18.7. The van der Waals surface area contributed by atoms with Crippen LogP contribution in [0, 0.1) is 18.8 Å². The van der Waals surface area contributed by atoms with Gasteiger partial charge in [-0.05, 0) is 24.5 Å². The predicted molar refractivity (Wildman–Crippen MR) is 79.9 cm³/mol. The molecule has 2 aromatic rings. The Hall–Kier alpha value is -1.88. The standard InChI is InChI=1S/C16H21N3O2/c1-11-5-4-6-19-9-13(17-15(11)19)8-18-7-12(2)14(10-18)16(20)21-3/h4-6,9,12,14H,7-8,10H2,1-3H3. The van der Waals surface area contributed by atoms with Gasteiger partial charge in [0.05, 0.1) is 18.7 Å². The van der Waals surface area contributed by atoms with Crippen molar-refractivity contribution in [3.8, 4) is 0 Å². The average Bonchev–Trinajstić information content (AvgIpc) is 3.02. The van der Waals surface area contributed by atoms with Crippen molar-refractivity contribution in [1.82, 2.24) is 14.3 Å². The number of fused-ring (bicyclic) bond motifs is 1. The minimum atomic E-state index is -0.101. The Morgan fingerprint density at radius 2 is 2.29 bits per heavy atom. The molecule has 1 saturated heterocycles. The van der Waals surface area contributed by atoms with Gasteiger partial charge in [-0.1, -0.05) is 13.0 Å². The van der Waals surface area contributed by atoms with Gasteiger partial charge >= 0.3 is 5.97 Å². The van der Waals surface area contributed by atoms with Gasteiger partial charge < -0.3 is 9.14 Å². The highest BCUT2D eigenvalue weighted by molar-refractivity contribution is 5.73. The van der Waals surface area contributed by atoms with Crippen LogP contribution in [0.5, 0.6) is 0 Å². The van der Waals surface area contributed by atoms with E-state index in [-0.39, 0.29) is 11.9 Å². The molecule has 1 fully saturated rings. The molecule has 0 amide bonds. The maximum atomic E-state index is 11.7. The highest BCUT2D eigenvalue weighted by Gasteiger charge is 2.35. The molecule has 5 heteroatoms. The number of carbonyl (C=O) groups excluding carboxylic acids is 1. The summed E-state index contributed by atoms with van der Waals surface area (Å²) >= 11 is 0. The molecular weight excluding hydrogens is 266 g/mol. The second-order valence-corrected chi connectivity index (χ2v) is 5.96. The Morgan fingerprint density at radius 3 is 3.00 bits per heavy atom. The van der Waals surface area contributed by atoms with E-state index in [0.717, 1.165) is 31.0 Å². The first kappa shape index (κ1) is 14.1. The molecule has 1 aliphatic heterocycles. The van der Waals surface area contributed by atoms with Crippen molar-refractivity contribution >= 4 is 11.6 Å². The van der Waals surface area contributed by atoms with Gasteiger partial charge in [0.25, 0.3) is 0 Å². The second-order valence-electron chi connectivity index (χ2n) is 5.96. The molecule has 2 atom stereocenters. The Balaban J connectivity index is 1.74. The Bertz CT molecular complexity index is 665. The normalized spacial score (nSPS) is 22.8. The Kier molecular flexibility index (Phi) is 3.68. The molecule has 3 heterocycles. The number of nitrogens with zero attached hydrogens (tertiary/aromatic N) is 3. The maximum absolute atomic E-state index is 11.7. The number of likely N-dealkylation sites (tertiary alicyclic amines) is 1.